The fourth-order valence-electron chi connectivity index (χ4n) is 5.96. The lowest BCUT2D eigenvalue weighted by molar-refractivity contribution is 0.0733. The number of anilines is 2. The molecule has 1 saturated carbocycles. The fourth-order valence-corrected chi connectivity index (χ4v) is 6.94. The van der Waals surface area contributed by atoms with E-state index in [1.807, 2.05) is 36.2 Å². The first-order valence-corrected chi connectivity index (χ1v) is 19.7. The van der Waals surface area contributed by atoms with Crippen molar-refractivity contribution < 1.29 is 23.1 Å². The smallest absolute Gasteiger partial charge is 0.251 e. The van der Waals surface area contributed by atoms with E-state index in [-0.39, 0.29) is 29.9 Å². The number of aliphatic hydroxyl groups is 1. The number of aryl methyl sites for hydroxylation is 1. The molecule has 11 heteroatoms. The van der Waals surface area contributed by atoms with Crippen molar-refractivity contribution in [1.82, 2.24) is 15.6 Å². The predicted molar refractivity (Wildman–Crippen MR) is 207 cm³/mol. The van der Waals surface area contributed by atoms with Gasteiger partial charge in [0, 0.05) is 39.3 Å². The molecule has 1 aliphatic carbocycles. The Labute approximate surface area is 306 Å². The monoisotopic (exact) mass is 721 g/mol. The van der Waals surface area contributed by atoms with E-state index in [9.17, 15) is 18.3 Å². The molecule has 10 nitrogen and oxygen atoms in total. The van der Waals surface area contributed by atoms with Crippen molar-refractivity contribution in [2.75, 3.05) is 43.0 Å². The summed E-state index contributed by atoms with van der Waals surface area (Å²) in [6, 6.07) is 18.6. The van der Waals surface area contributed by atoms with Crippen LogP contribution in [0.2, 0.25) is 0 Å². The Hall–Kier alpha value is -3.67. The Morgan fingerprint density at radius 3 is 2.35 bits per heavy atom. The quantitative estimate of drug-likeness (QED) is 0.148. The standard InChI is InChI=1S/C40H59N5O5S/c1-10-13-29-14-12-17-34(20-29)50-26-35(36(46)24-41-23-30-15-11-16-33(19-30)40(5,6)7)42-39(47)31-21-37(44(8)25-32-18-28(32)4)43-38(22-31)45(9)51(48,49)27(2)3/h11-12,14-17,19-22,27-28,32,35-36,41,46H,10,13,18,23-26H2,1-9H3,(H,42,47)/t28-,32+,35-,36+/m0/s1. The number of rotatable bonds is 18. The summed E-state index contributed by atoms with van der Waals surface area (Å²) >= 11 is 0. The Kier molecular flexibility index (Phi) is 13.6. The molecule has 1 amide bonds. The van der Waals surface area contributed by atoms with Crippen molar-refractivity contribution >= 4 is 27.6 Å². The number of hydrogen-bond donors (Lipinski definition) is 3. The van der Waals surface area contributed by atoms with Gasteiger partial charge in [-0.25, -0.2) is 13.4 Å². The lowest BCUT2D eigenvalue weighted by Crippen LogP contribution is -2.50. The van der Waals surface area contributed by atoms with Crippen LogP contribution in [0, 0.1) is 11.8 Å². The zero-order valence-electron chi connectivity index (χ0n) is 31.9. The van der Waals surface area contributed by atoms with Crippen LogP contribution in [0.3, 0.4) is 0 Å². The minimum atomic E-state index is -3.71. The van der Waals surface area contributed by atoms with Gasteiger partial charge in [-0.1, -0.05) is 77.4 Å². The Bertz CT molecular complexity index is 1720. The number of sulfonamides is 1. The van der Waals surface area contributed by atoms with E-state index < -0.39 is 33.3 Å². The lowest BCUT2D eigenvalue weighted by Gasteiger charge is -2.27. The van der Waals surface area contributed by atoms with Crippen LogP contribution in [-0.2, 0) is 28.4 Å². The number of nitrogens with zero attached hydrogens (tertiary/aromatic N) is 3. The molecule has 0 bridgehead atoms. The van der Waals surface area contributed by atoms with Gasteiger partial charge >= 0.3 is 0 Å². The Balaban J connectivity index is 1.58. The van der Waals surface area contributed by atoms with Crippen molar-refractivity contribution in [1.29, 1.82) is 0 Å². The molecule has 1 heterocycles. The molecule has 4 atom stereocenters. The summed E-state index contributed by atoms with van der Waals surface area (Å²) in [5.41, 5.74) is 3.73. The third-order valence-corrected chi connectivity index (χ3v) is 11.8. The Morgan fingerprint density at radius 1 is 1.04 bits per heavy atom. The number of carbonyl (C=O) groups excluding carboxylic acids is 1. The van der Waals surface area contributed by atoms with Gasteiger partial charge in [0.05, 0.1) is 17.4 Å². The van der Waals surface area contributed by atoms with E-state index in [1.54, 1.807) is 19.9 Å². The van der Waals surface area contributed by atoms with Gasteiger partial charge in [-0.05, 0) is 84.9 Å². The van der Waals surface area contributed by atoms with Gasteiger partial charge in [-0.15, -0.1) is 0 Å². The topological polar surface area (TPSA) is 124 Å². The summed E-state index contributed by atoms with van der Waals surface area (Å²) in [5, 5.41) is 17.2. The molecule has 1 aliphatic rings. The van der Waals surface area contributed by atoms with Crippen LogP contribution in [0.25, 0.3) is 0 Å². The van der Waals surface area contributed by atoms with E-state index in [2.05, 4.69) is 74.5 Å². The van der Waals surface area contributed by atoms with Crippen LogP contribution in [0.4, 0.5) is 11.6 Å². The average molecular weight is 722 g/mol. The molecular weight excluding hydrogens is 663 g/mol. The normalized spacial score (nSPS) is 17.2. The molecule has 1 fully saturated rings. The van der Waals surface area contributed by atoms with Crippen molar-refractivity contribution in [3.05, 3.63) is 82.9 Å². The number of aromatic nitrogens is 1. The van der Waals surface area contributed by atoms with E-state index in [0.29, 0.717) is 29.9 Å². The number of amides is 1. The third kappa shape index (κ3) is 11.2. The first kappa shape index (κ1) is 40.1. The first-order valence-electron chi connectivity index (χ1n) is 18.2. The summed E-state index contributed by atoms with van der Waals surface area (Å²) < 4.78 is 33.6. The van der Waals surface area contributed by atoms with Gasteiger partial charge in [0.15, 0.2) is 0 Å². The predicted octanol–water partition coefficient (Wildman–Crippen LogP) is 5.93. The number of aliphatic hydroxyl groups excluding tert-OH is 1. The first-order chi connectivity index (χ1) is 24.0. The van der Waals surface area contributed by atoms with Gasteiger partial charge in [0.1, 0.15) is 24.0 Å². The molecular formula is C40H59N5O5S. The molecule has 0 saturated heterocycles. The third-order valence-electron chi connectivity index (χ3n) is 9.66. The Morgan fingerprint density at radius 2 is 1.71 bits per heavy atom. The number of hydrogen-bond acceptors (Lipinski definition) is 8. The van der Waals surface area contributed by atoms with E-state index in [0.717, 1.165) is 41.2 Å². The van der Waals surface area contributed by atoms with Crippen LogP contribution in [0.5, 0.6) is 5.75 Å². The van der Waals surface area contributed by atoms with Crippen molar-refractivity contribution in [2.45, 2.75) is 97.1 Å². The second kappa shape index (κ2) is 17.2. The molecule has 0 radical (unpaired) electrons. The van der Waals surface area contributed by atoms with Crippen LogP contribution in [0.15, 0.2) is 60.7 Å². The van der Waals surface area contributed by atoms with E-state index >= 15 is 0 Å². The van der Waals surface area contributed by atoms with Crippen molar-refractivity contribution in [3.8, 4) is 5.75 Å². The van der Waals surface area contributed by atoms with Crippen LogP contribution < -0.4 is 24.6 Å². The number of pyridine rings is 1. The number of ether oxygens (including phenoxy) is 1. The van der Waals surface area contributed by atoms with Crippen molar-refractivity contribution in [2.24, 2.45) is 11.8 Å². The summed E-state index contributed by atoms with van der Waals surface area (Å²) in [5.74, 6) is 1.98. The minimum absolute atomic E-state index is 0.0161. The molecule has 2 aromatic carbocycles. The maximum atomic E-state index is 14.0. The van der Waals surface area contributed by atoms with Gasteiger partial charge in [0.25, 0.3) is 5.91 Å². The maximum Gasteiger partial charge on any atom is 0.251 e. The van der Waals surface area contributed by atoms with E-state index in [1.165, 1.54) is 18.7 Å². The van der Waals surface area contributed by atoms with Crippen molar-refractivity contribution in [3.63, 3.8) is 0 Å². The van der Waals surface area contributed by atoms with Crippen LogP contribution >= 0.6 is 0 Å². The number of carbonyl (C=O) groups is 1. The van der Waals surface area contributed by atoms with Gasteiger partial charge in [0.2, 0.25) is 10.0 Å². The summed E-state index contributed by atoms with van der Waals surface area (Å²) in [4.78, 5) is 20.7. The molecule has 1 aromatic heterocycles. The summed E-state index contributed by atoms with van der Waals surface area (Å²) in [6.45, 7) is 15.6. The van der Waals surface area contributed by atoms with Gasteiger partial charge < -0.3 is 25.4 Å². The molecule has 280 valence electrons. The maximum absolute atomic E-state index is 14.0. The highest BCUT2D eigenvalue weighted by Crippen LogP contribution is 2.38. The molecule has 3 aromatic rings. The largest absolute Gasteiger partial charge is 0.491 e. The van der Waals surface area contributed by atoms with Gasteiger partial charge in [-0.3, -0.25) is 9.10 Å². The molecule has 3 N–H and O–H groups in total. The number of benzene rings is 2. The zero-order valence-corrected chi connectivity index (χ0v) is 32.8. The fraction of sp³-hybridized carbons (Fsp3) is 0.550. The minimum Gasteiger partial charge on any atom is -0.491 e. The SMILES string of the molecule is CCCc1cccc(OC[C@H](NC(=O)c2cc(N(C)C[C@H]3C[C@@H]3C)nc(N(C)S(=O)(=O)C(C)C)c2)[C@H](O)CNCc2cccc(C(C)(C)C)c2)c1. The molecule has 0 unspecified atom stereocenters. The molecule has 0 aliphatic heterocycles. The molecule has 51 heavy (non-hydrogen) atoms. The molecule has 0 spiro atoms. The highest BCUT2D eigenvalue weighted by molar-refractivity contribution is 7.93. The highest BCUT2D eigenvalue weighted by atomic mass is 32.2. The lowest BCUT2D eigenvalue weighted by atomic mass is 9.86. The van der Waals surface area contributed by atoms with Crippen LogP contribution in [0.1, 0.15) is 88.4 Å². The summed E-state index contributed by atoms with van der Waals surface area (Å²) in [7, 11) is -0.341. The van der Waals surface area contributed by atoms with E-state index in [4.69, 9.17) is 4.74 Å². The highest BCUT2D eigenvalue weighted by Gasteiger charge is 2.34. The van der Waals surface area contributed by atoms with Crippen LogP contribution in [-0.4, -0.2) is 75.6 Å². The zero-order chi connectivity index (χ0) is 37.5. The second-order valence-electron chi connectivity index (χ2n) is 15.4. The number of nitrogens with one attached hydrogen (secondary N) is 2. The van der Waals surface area contributed by atoms with Gasteiger partial charge in [-0.2, -0.15) is 0 Å². The molecule has 4 rings (SSSR count). The average Bonchev–Trinajstić information content (AvgIpc) is 3.79. The second-order valence-corrected chi connectivity index (χ2v) is 17.9. The summed E-state index contributed by atoms with van der Waals surface area (Å²) in [6.07, 6.45) is 2.05.